The first kappa shape index (κ1) is 11.1. The van der Waals surface area contributed by atoms with Crippen molar-refractivity contribution in [3.63, 3.8) is 0 Å². The molecule has 1 N–H and O–H groups in total. The average Bonchev–Trinajstić information content (AvgIpc) is 2.60. The molecule has 0 bridgehead atoms. The highest BCUT2D eigenvalue weighted by molar-refractivity contribution is 5.81. The monoisotopic (exact) mass is 223 g/mol. The minimum absolute atomic E-state index is 0.101. The molecule has 1 aliphatic rings. The first-order chi connectivity index (χ1) is 7.68. The zero-order valence-electron chi connectivity index (χ0n) is 9.68. The maximum absolute atomic E-state index is 12.0. The molecular formula is C10H17N5O. The van der Waals surface area contributed by atoms with Gasteiger partial charge in [0.25, 0.3) is 0 Å². The molecule has 2 rings (SSSR count). The molecule has 1 fully saturated rings. The van der Waals surface area contributed by atoms with Crippen molar-refractivity contribution in [3.8, 4) is 0 Å². The van der Waals surface area contributed by atoms with E-state index in [0.717, 1.165) is 25.3 Å². The standard InChI is InChI=1S/C10H17N5O/c1-8-10(16)15(5-3-4-11-8)6-9-12-7-13-14(9)2/h7-8,11H,3-6H2,1-2H3. The van der Waals surface area contributed by atoms with Crippen LogP contribution < -0.4 is 5.32 Å². The summed E-state index contributed by atoms with van der Waals surface area (Å²) in [5, 5.41) is 7.19. The van der Waals surface area contributed by atoms with Gasteiger partial charge in [-0.3, -0.25) is 9.48 Å². The Morgan fingerprint density at radius 2 is 2.44 bits per heavy atom. The molecule has 1 aromatic rings. The Balaban J connectivity index is 2.08. The maximum atomic E-state index is 12.0. The van der Waals surface area contributed by atoms with Crippen LogP contribution in [0.25, 0.3) is 0 Å². The van der Waals surface area contributed by atoms with E-state index in [9.17, 15) is 4.79 Å². The molecule has 0 spiro atoms. The number of hydrogen-bond donors (Lipinski definition) is 1. The van der Waals surface area contributed by atoms with Gasteiger partial charge in [0.05, 0.1) is 12.6 Å². The van der Waals surface area contributed by atoms with Gasteiger partial charge in [-0.15, -0.1) is 0 Å². The van der Waals surface area contributed by atoms with Crippen molar-refractivity contribution in [2.75, 3.05) is 13.1 Å². The lowest BCUT2D eigenvalue weighted by molar-refractivity contribution is -0.132. The van der Waals surface area contributed by atoms with E-state index >= 15 is 0 Å². The summed E-state index contributed by atoms with van der Waals surface area (Å²) < 4.78 is 1.70. The highest BCUT2D eigenvalue weighted by Gasteiger charge is 2.23. The van der Waals surface area contributed by atoms with Gasteiger partial charge in [0.2, 0.25) is 5.91 Å². The van der Waals surface area contributed by atoms with Gasteiger partial charge in [0.15, 0.2) is 0 Å². The van der Waals surface area contributed by atoms with Gasteiger partial charge in [-0.1, -0.05) is 0 Å². The summed E-state index contributed by atoms with van der Waals surface area (Å²) in [6, 6.07) is -0.101. The lowest BCUT2D eigenvalue weighted by atomic mass is 10.3. The number of hydrogen-bond acceptors (Lipinski definition) is 4. The van der Waals surface area contributed by atoms with E-state index in [2.05, 4.69) is 15.4 Å². The summed E-state index contributed by atoms with van der Waals surface area (Å²) in [6.07, 6.45) is 2.49. The van der Waals surface area contributed by atoms with Crippen LogP contribution in [0.1, 0.15) is 19.2 Å². The normalized spacial score (nSPS) is 22.2. The van der Waals surface area contributed by atoms with Crippen molar-refractivity contribution in [2.45, 2.75) is 25.9 Å². The van der Waals surface area contributed by atoms with Crippen LogP contribution in [0.3, 0.4) is 0 Å². The first-order valence-electron chi connectivity index (χ1n) is 5.53. The molecule has 1 saturated heterocycles. The number of rotatable bonds is 2. The molecule has 0 aromatic carbocycles. The van der Waals surface area contributed by atoms with Crippen LogP contribution in [0, 0.1) is 0 Å². The predicted octanol–water partition coefficient (Wildman–Crippen LogP) is -0.474. The van der Waals surface area contributed by atoms with Crippen molar-refractivity contribution < 1.29 is 4.79 Å². The first-order valence-corrected chi connectivity index (χ1v) is 5.53. The summed E-state index contributed by atoms with van der Waals surface area (Å²) in [5.41, 5.74) is 0. The summed E-state index contributed by atoms with van der Waals surface area (Å²) in [6.45, 7) is 4.12. The Hall–Kier alpha value is -1.43. The van der Waals surface area contributed by atoms with Gasteiger partial charge in [0.1, 0.15) is 12.2 Å². The van der Waals surface area contributed by atoms with Crippen molar-refractivity contribution in [3.05, 3.63) is 12.2 Å². The molecule has 6 heteroatoms. The SMILES string of the molecule is CC1NCCCN(Cc2ncnn2C)C1=O. The number of amides is 1. The van der Waals surface area contributed by atoms with E-state index < -0.39 is 0 Å². The van der Waals surface area contributed by atoms with Crippen LogP contribution >= 0.6 is 0 Å². The summed E-state index contributed by atoms with van der Waals surface area (Å²) in [7, 11) is 1.84. The quantitative estimate of drug-likeness (QED) is 0.736. The smallest absolute Gasteiger partial charge is 0.239 e. The second-order valence-electron chi connectivity index (χ2n) is 4.09. The molecule has 1 unspecified atom stereocenters. The fourth-order valence-electron chi connectivity index (χ4n) is 1.85. The number of nitrogens with one attached hydrogen (secondary N) is 1. The van der Waals surface area contributed by atoms with Crippen molar-refractivity contribution >= 4 is 5.91 Å². The molecule has 1 amide bonds. The molecule has 1 atom stereocenters. The van der Waals surface area contributed by atoms with Crippen LogP contribution in [-0.2, 0) is 18.4 Å². The third kappa shape index (κ3) is 2.21. The third-order valence-electron chi connectivity index (χ3n) is 2.87. The van der Waals surface area contributed by atoms with E-state index in [0.29, 0.717) is 6.54 Å². The second kappa shape index (κ2) is 4.61. The van der Waals surface area contributed by atoms with Crippen LogP contribution in [0.15, 0.2) is 6.33 Å². The van der Waals surface area contributed by atoms with Crippen LogP contribution in [0.4, 0.5) is 0 Å². The van der Waals surface area contributed by atoms with Gasteiger partial charge < -0.3 is 10.2 Å². The maximum Gasteiger partial charge on any atom is 0.239 e. The Morgan fingerprint density at radius 1 is 1.62 bits per heavy atom. The molecule has 16 heavy (non-hydrogen) atoms. The van der Waals surface area contributed by atoms with Gasteiger partial charge in [-0.05, 0) is 19.9 Å². The van der Waals surface area contributed by atoms with Gasteiger partial charge in [-0.2, -0.15) is 5.10 Å². The molecule has 1 aromatic heterocycles. The molecule has 1 aliphatic heterocycles. The minimum Gasteiger partial charge on any atom is -0.334 e. The Morgan fingerprint density at radius 3 is 3.12 bits per heavy atom. The fraction of sp³-hybridized carbons (Fsp3) is 0.700. The second-order valence-corrected chi connectivity index (χ2v) is 4.09. The van der Waals surface area contributed by atoms with E-state index in [1.807, 2.05) is 18.9 Å². The zero-order chi connectivity index (χ0) is 11.5. The highest BCUT2D eigenvalue weighted by atomic mass is 16.2. The average molecular weight is 223 g/mol. The minimum atomic E-state index is -0.101. The Bertz CT molecular complexity index is 375. The molecule has 2 heterocycles. The molecule has 0 saturated carbocycles. The zero-order valence-corrected chi connectivity index (χ0v) is 9.68. The molecular weight excluding hydrogens is 206 g/mol. The van der Waals surface area contributed by atoms with E-state index in [-0.39, 0.29) is 11.9 Å². The van der Waals surface area contributed by atoms with E-state index in [1.54, 1.807) is 4.68 Å². The summed E-state index contributed by atoms with van der Waals surface area (Å²) in [5.74, 6) is 0.961. The third-order valence-corrected chi connectivity index (χ3v) is 2.87. The van der Waals surface area contributed by atoms with Crippen LogP contribution in [-0.4, -0.2) is 44.7 Å². The number of aryl methyl sites for hydroxylation is 1. The Kier molecular flexibility index (Phi) is 3.19. The Labute approximate surface area is 94.6 Å². The van der Waals surface area contributed by atoms with Crippen LogP contribution in [0.2, 0.25) is 0 Å². The van der Waals surface area contributed by atoms with Crippen molar-refractivity contribution in [1.82, 2.24) is 25.0 Å². The van der Waals surface area contributed by atoms with Gasteiger partial charge >= 0.3 is 0 Å². The molecule has 0 aliphatic carbocycles. The molecule has 0 radical (unpaired) electrons. The van der Waals surface area contributed by atoms with E-state index in [4.69, 9.17) is 0 Å². The largest absolute Gasteiger partial charge is 0.334 e. The van der Waals surface area contributed by atoms with Gasteiger partial charge in [-0.25, -0.2) is 4.98 Å². The summed E-state index contributed by atoms with van der Waals surface area (Å²) >= 11 is 0. The molecule has 6 nitrogen and oxygen atoms in total. The van der Waals surface area contributed by atoms with Crippen molar-refractivity contribution in [1.29, 1.82) is 0 Å². The number of aromatic nitrogens is 3. The number of nitrogens with zero attached hydrogens (tertiary/aromatic N) is 4. The predicted molar refractivity (Wildman–Crippen MR) is 58.5 cm³/mol. The molecule has 88 valence electrons. The lowest BCUT2D eigenvalue weighted by Crippen LogP contribution is -2.41. The van der Waals surface area contributed by atoms with Crippen molar-refractivity contribution in [2.24, 2.45) is 7.05 Å². The fourth-order valence-corrected chi connectivity index (χ4v) is 1.85. The van der Waals surface area contributed by atoms with Crippen LogP contribution in [0.5, 0.6) is 0 Å². The van der Waals surface area contributed by atoms with Gasteiger partial charge in [0, 0.05) is 13.6 Å². The summed E-state index contributed by atoms with van der Waals surface area (Å²) in [4.78, 5) is 18.0. The lowest BCUT2D eigenvalue weighted by Gasteiger charge is -2.21. The number of carbonyl (C=O) groups excluding carboxylic acids is 1. The highest BCUT2D eigenvalue weighted by Crippen LogP contribution is 2.06. The topological polar surface area (TPSA) is 63.0 Å². The number of carbonyl (C=O) groups is 1. The van der Waals surface area contributed by atoms with E-state index in [1.165, 1.54) is 6.33 Å².